The van der Waals surface area contributed by atoms with Gasteiger partial charge in [0.15, 0.2) is 5.06 Å². The fraction of sp³-hybridized carbons (Fsp3) is 0.500. The second-order valence-electron chi connectivity index (χ2n) is 5.67. The van der Waals surface area contributed by atoms with Crippen LogP contribution in [0.3, 0.4) is 0 Å². The summed E-state index contributed by atoms with van der Waals surface area (Å²) in [6.45, 7) is 1.69. The van der Waals surface area contributed by atoms with Gasteiger partial charge in [0.1, 0.15) is 0 Å². The summed E-state index contributed by atoms with van der Waals surface area (Å²) in [7, 11) is 0. The number of fused-ring (bicyclic) bond motifs is 2. The summed E-state index contributed by atoms with van der Waals surface area (Å²) >= 11 is 1.27. The van der Waals surface area contributed by atoms with Crippen LogP contribution < -0.4 is 15.4 Å². The van der Waals surface area contributed by atoms with Crippen molar-refractivity contribution in [2.24, 2.45) is 0 Å². The first kappa shape index (κ1) is 13.7. The standard InChI is InChI=1S/C14H16N4O3S/c1-7-17-18-14(20-7)21-12-5-4-11(22-12)13(19)16-10-6-8-2-3-9(10)15-8/h4-5,8-10,15H,2-3,6H2,1H3,(H,16,19). The molecule has 2 saturated heterocycles. The van der Waals surface area contributed by atoms with E-state index in [-0.39, 0.29) is 18.0 Å². The number of thiophene rings is 1. The second-order valence-corrected chi connectivity index (χ2v) is 6.72. The second kappa shape index (κ2) is 5.36. The van der Waals surface area contributed by atoms with Crippen molar-refractivity contribution in [3.05, 3.63) is 22.9 Å². The topological polar surface area (TPSA) is 89.3 Å². The third kappa shape index (κ3) is 2.59. The van der Waals surface area contributed by atoms with Crippen LogP contribution in [0.1, 0.15) is 34.8 Å². The molecule has 2 aromatic heterocycles. The Bertz CT molecular complexity index is 698. The summed E-state index contributed by atoms with van der Waals surface area (Å²) in [6.07, 6.45) is 3.47. The number of nitrogens with zero attached hydrogens (tertiary/aromatic N) is 2. The third-order valence-electron chi connectivity index (χ3n) is 4.12. The maximum atomic E-state index is 12.3. The Kier molecular flexibility index (Phi) is 3.34. The summed E-state index contributed by atoms with van der Waals surface area (Å²) in [5.41, 5.74) is 0. The van der Waals surface area contributed by atoms with E-state index in [4.69, 9.17) is 9.15 Å². The molecule has 7 nitrogen and oxygen atoms in total. The van der Waals surface area contributed by atoms with E-state index in [0.717, 1.165) is 12.8 Å². The Morgan fingerprint density at radius 3 is 3.05 bits per heavy atom. The van der Waals surface area contributed by atoms with E-state index in [1.807, 2.05) is 0 Å². The number of aromatic nitrogens is 2. The van der Waals surface area contributed by atoms with Crippen LogP contribution in [0.2, 0.25) is 0 Å². The smallest absolute Gasteiger partial charge is 0.399 e. The van der Waals surface area contributed by atoms with Gasteiger partial charge in [0, 0.05) is 25.0 Å². The average molecular weight is 320 g/mol. The molecule has 0 aromatic carbocycles. The van der Waals surface area contributed by atoms with Crippen LogP contribution in [0, 0.1) is 6.92 Å². The minimum Gasteiger partial charge on any atom is -0.399 e. The van der Waals surface area contributed by atoms with Crippen molar-refractivity contribution >= 4 is 17.2 Å². The van der Waals surface area contributed by atoms with E-state index < -0.39 is 0 Å². The summed E-state index contributed by atoms with van der Waals surface area (Å²) in [4.78, 5) is 12.9. The number of hydrogen-bond donors (Lipinski definition) is 2. The fourth-order valence-electron chi connectivity index (χ4n) is 3.13. The van der Waals surface area contributed by atoms with Gasteiger partial charge in [-0.2, -0.15) is 0 Å². The summed E-state index contributed by atoms with van der Waals surface area (Å²) in [5.74, 6) is 0.384. The monoisotopic (exact) mass is 320 g/mol. The highest BCUT2D eigenvalue weighted by molar-refractivity contribution is 7.15. The van der Waals surface area contributed by atoms with Crippen molar-refractivity contribution in [1.82, 2.24) is 20.8 Å². The normalized spacial score (nSPS) is 26.3. The van der Waals surface area contributed by atoms with Crippen molar-refractivity contribution in [2.75, 3.05) is 0 Å². The van der Waals surface area contributed by atoms with Crippen LogP contribution in [-0.2, 0) is 0 Å². The quantitative estimate of drug-likeness (QED) is 0.894. The number of amides is 1. The minimum atomic E-state index is -0.0547. The highest BCUT2D eigenvalue weighted by Crippen LogP contribution is 2.31. The summed E-state index contributed by atoms with van der Waals surface area (Å²) in [6, 6.07) is 4.71. The number of carbonyl (C=O) groups excluding carboxylic acids is 1. The Morgan fingerprint density at radius 1 is 1.45 bits per heavy atom. The van der Waals surface area contributed by atoms with Gasteiger partial charge >= 0.3 is 6.08 Å². The molecule has 2 fully saturated rings. The predicted octanol–water partition coefficient (Wildman–Crippen LogP) is 1.85. The lowest BCUT2D eigenvalue weighted by molar-refractivity contribution is 0.0935. The molecule has 1 amide bonds. The maximum Gasteiger partial charge on any atom is 0.421 e. The molecule has 22 heavy (non-hydrogen) atoms. The lowest BCUT2D eigenvalue weighted by atomic mass is 9.95. The molecular weight excluding hydrogens is 304 g/mol. The highest BCUT2D eigenvalue weighted by atomic mass is 32.1. The van der Waals surface area contributed by atoms with Gasteiger partial charge in [-0.3, -0.25) is 4.79 Å². The first-order chi connectivity index (χ1) is 10.7. The molecule has 4 heterocycles. The van der Waals surface area contributed by atoms with Gasteiger partial charge in [-0.05, 0) is 31.4 Å². The summed E-state index contributed by atoms with van der Waals surface area (Å²) < 4.78 is 10.6. The number of nitrogens with one attached hydrogen (secondary N) is 2. The van der Waals surface area contributed by atoms with Crippen LogP contribution in [0.4, 0.5) is 0 Å². The van der Waals surface area contributed by atoms with E-state index in [1.165, 1.54) is 17.8 Å². The van der Waals surface area contributed by atoms with Crippen LogP contribution in [0.5, 0.6) is 11.1 Å². The molecule has 2 bridgehead atoms. The van der Waals surface area contributed by atoms with Crippen LogP contribution in [-0.4, -0.2) is 34.2 Å². The number of hydrogen-bond acceptors (Lipinski definition) is 7. The van der Waals surface area contributed by atoms with Crippen molar-refractivity contribution in [3.8, 4) is 11.1 Å². The number of ether oxygens (including phenoxy) is 1. The first-order valence-corrected chi connectivity index (χ1v) is 8.14. The van der Waals surface area contributed by atoms with Gasteiger partial charge in [0.25, 0.3) is 5.91 Å². The predicted molar refractivity (Wildman–Crippen MR) is 79.2 cm³/mol. The van der Waals surface area contributed by atoms with Crippen LogP contribution in [0.25, 0.3) is 0 Å². The largest absolute Gasteiger partial charge is 0.421 e. The minimum absolute atomic E-state index is 0.0547. The van der Waals surface area contributed by atoms with Crippen molar-refractivity contribution < 1.29 is 13.9 Å². The zero-order valence-corrected chi connectivity index (χ0v) is 12.9. The van der Waals surface area contributed by atoms with Crippen molar-refractivity contribution in [3.63, 3.8) is 0 Å². The van der Waals surface area contributed by atoms with Crippen LogP contribution >= 0.6 is 11.3 Å². The van der Waals surface area contributed by atoms with Crippen LogP contribution in [0.15, 0.2) is 16.5 Å². The van der Waals surface area contributed by atoms with Gasteiger partial charge in [0.2, 0.25) is 5.89 Å². The molecule has 116 valence electrons. The Morgan fingerprint density at radius 2 is 2.36 bits per heavy atom. The Hall–Kier alpha value is -1.93. The van der Waals surface area contributed by atoms with E-state index >= 15 is 0 Å². The van der Waals surface area contributed by atoms with E-state index in [0.29, 0.717) is 27.9 Å². The van der Waals surface area contributed by atoms with Gasteiger partial charge < -0.3 is 19.8 Å². The molecule has 4 rings (SSSR count). The lowest BCUT2D eigenvalue weighted by Gasteiger charge is -2.20. The molecular formula is C14H16N4O3S. The molecule has 0 saturated carbocycles. The Balaban J connectivity index is 1.39. The molecule has 2 N–H and O–H groups in total. The van der Waals surface area contributed by atoms with E-state index in [9.17, 15) is 4.79 Å². The fourth-order valence-corrected chi connectivity index (χ4v) is 3.88. The SMILES string of the molecule is Cc1nnc(Oc2ccc(C(=O)NC3CC4CCC3N4)s2)o1. The lowest BCUT2D eigenvalue weighted by Crippen LogP contribution is -2.42. The zero-order chi connectivity index (χ0) is 15.1. The Labute approximate surface area is 131 Å². The average Bonchev–Trinajstić information content (AvgIpc) is 3.24. The molecule has 2 aromatic rings. The molecule has 2 aliphatic rings. The molecule has 2 aliphatic heterocycles. The number of carbonyl (C=O) groups is 1. The molecule has 3 unspecified atom stereocenters. The molecule has 0 radical (unpaired) electrons. The zero-order valence-electron chi connectivity index (χ0n) is 12.0. The molecule has 8 heteroatoms. The molecule has 3 atom stereocenters. The van der Waals surface area contributed by atoms with Gasteiger partial charge in [-0.25, -0.2) is 0 Å². The van der Waals surface area contributed by atoms with Crippen molar-refractivity contribution in [1.29, 1.82) is 0 Å². The van der Waals surface area contributed by atoms with Gasteiger partial charge in [-0.1, -0.05) is 16.4 Å². The summed E-state index contributed by atoms with van der Waals surface area (Å²) in [5, 5.41) is 14.6. The van der Waals surface area contributed by atoms with Gasteiger partial charge in [0.05, 0.1) is 4.88 Å². The highest BCUT2D eigenvalue weighted by Gasteiger charge is 2.39. The third-order valence-corrected chi connectivity index (χ3v) is 5.08. The maximum absolute atomic E-state index is 12.3. The first-order valence-electron chi connectivity index (χ1n) is 7.32. The molecule has 0 aliphatic carbocycles. The van der Waals surface area contributed by atoms with E-state index in [1.54, 1.807) is 19.1 Å². The van der Waals surface area contributed by atoms with Crippen molar-refractivity contribution in [2.45, 2.75) is 44.3 Å². The number of rotatable bonds is 4. The molecule has 0 spiro atoms. The number of aryl methyl sites for hydroxylation is 1. The van der Waals surface area contributed by atoms with Gasteiger partial charge in [-0.15, -0.1) is 5.10 Å². The van der Waals surface area contributed by atoms with E-state index in [2.05, 4.69) is 20.8 Å².